The zero-order valence-corrected chi connectivity index (χ0v) is 18.1. The zero-order chi connectivity index (χ0) is 22.4. The van der Waals surface area contributed by atoms with E-state index in [1.54, 1.807) is 25.7 Å². The van der Waals surface area contributed by atoms with Gasteiger partial charge in [0.15, 0.2) is 0 Å². The molecule has 0 aromatic carbocycles. The molecule has 1 amide bonds. The number of pyridine rings is 1. The number of nitrogens with two attached hydrogens (primary N) is 1. The third-order valence-corrected chi connectivity index (χ3v) is 5.45. The SMILES string of the molecule is CN=C/C(=C\N)c1cc(C)c(Nc2ncc(C3(C)CC3)c(N(C=O)CCCF)n2)cn1. The lowest BCUT2D eigenvalue weighted by Gasteiger charge is -2.22. The fourth-order valence-electron chi connectivity index (χ4n) is 3.27. The van der Waals surface area contributed by atoms with Crippen molar-refractivity contribution in [3.05, 3.63) is 41.5 Å². The predicted molar refractivity (Wildman–Crippen MR) is 121 cm³/mol. The molecule has 1 aliphatic carbocycles. The Labute approximate surface area is 181 Å². The van der Waals surface area contributed by atoms with E-state index in [0.29, 0.717) is 29.4 Å². The highest BCUT2D eigenvalue weighted by Crippen LogP contribution is 2.50. The van der Waals surface area contributed by atoms with Gasteiger partial charge in [0.2, 0.25) is 12.4 Å². The Balaban J connectivity index is 1.91. The lowest BCUT2D eigenvalue weighted by molar-refractivity contribution is -0.107. The molecule has 2 aromatic rings. The molecule has 1 saturated carbocycles. The second-order valence-electron chi connectivity index (χ2n) is 7.85. The van der Waals surface area contributed by atoms with Crippen molar-refractivity contribution < 1.29 is 9.18 Å². The number of nitrogens with one attached hydrogen (secondary N) is 1. The first-order chi connectivity index (χ1) is 15.0. The summed E-state index contributed by atoms with van der Waals surface area (Å²) in [6.07, 6.45) is 9.51. The molecule has 1 aliphatic rings. The quantitative estimate of drug-likeness (QED) is 0.446. The Morgan fingerprint density at radius 3 is 2.74 bits per heavy atom. The third-order valence-electron chi connectivity index (χ3n) is 5.45. The van der Waals surface area contributed by atoms with Gasteiger partial charge in [-0.15, -0.1) is 0 Å². The summed E-state index contributed by atoms with van der Waals surface area (Å²) >= 11 is 0. The van der Waals surface area contributed by atoms with Crippen LogP contribution in [-0.2, 0) is 10.2 Å². The van der Waals surface area contributed by atoms with E-state index >= 15 is 0 Å². The molecule has 164 valence electrons. The summed E-state index contributed by atoms with van der Waals surface area (Å²) in [4.78, 5) is 30.7. The molecule has 8 nitrogen and oxygen atoms in total. The highest BCUT2D eigenvalue weighted by molar-refractivity contribution is 6.08. The van der Waals surface area contributed by atoms with Crippen molar-refractivity contribution >= 4 is 35.7 Å². The fraction of sp³-hybridized carbons (Fsp3) is 0.409. The topological polar surface area (TPSA) is 109 Å². The number of allylic oxidation sites excluding steroid dienone is 1. The molecule has 9 heteroatoms. The monoisotopic (exact) mass is 425 g/mol. The maximum absolute atomic E-state index is 12.7. The van der Waals surface area contributed by atoms with E-state index in [-0.39, 0.29) is 18.4 Å². The number of aliphatic imine (C=N–C) groups is 1. The van der Waals surface area contributed by atoms with Crippen molar-refractivity contribution in [2.75, 3.05) is 30.5 Å². The van der Waals surface area contributed by atoms with Gasteiger partial charge < -0.3 is 11.1 Å². The van der Waals surface area contributed by atoms with Crippen LogP contribution in [0.5, 0.6) is 0 Å². The van der Waals surface area contributed by atoms with Crippen LogP contribution in [0.3, 0.4) is 0 Å². The van der Waals surface area contributed by atoms with Crippen LogP contribution in [0.1, 0.15) is 43.0 Å². The summed E-state index contributed by atoms with van der Waals surface area (Å²) in [6, 6.07) is 1.89. The zero-order valence-electron chi connectivity index (χ0n) is 18.1. The number of aromatic nitrogens is 3. The van der Waals surface area contributed by atoms with Gasteiger partial charge in [0, 0.05) is 43.3 Å². The van der Waals surface area contributed by atoms with Crippen LogP contribution in [0.25, 0.3) is 5.57 Å². The predicted octanol–water partition coefficient (Wildman–Crippen LogP) is 3.30. The number of aryl methyl sites for hydroxylation is 1. The maximum Gasteiger partial charge on any atom is 0.229 e. The summed E-state index contributed by atoms with van der Waals surface area (Å²) in [6.45, 7) is 3.83. The minimum absolute atomic E-state index is 0.0459. The van der Waals surface area contributed by atoms with Crippen LogP contribution in [0.15, 0.2) is 29.7 Å². The van der Waals surface area contributed by atoms with Gasteiger partial charge in [0.1, 0.15) is 5.82 Å². The van der Waals surface area contributed by atoms with Gasteiger partial charge in [-0.1, -0.05) is 6.92 Å². The number of carbonyl (C=O) groups excluding carboxylic acids is 1. The van der Waals surface area contributed by atoms with Crippen LogP contribution in [0.4, 0.5) is 21.8 Å². The molecule has 0 bridgehead atoms. The Bertz CT molecular complexity index is 1000. The maximum atomic E-state index is 12.7. The van der Waals surface area contributed by atoms with Crippen molar-refractivity contribution in [3.8, 4) is 0 Å². The largest absolute Gasteiger partial charge is 0.404 e. The molecule has 0 radical (unpaired) electrons. The average molecular weight is 426 g/mol. The number of anilines is 3. The molecule has 0 unspecified atom stereocenters. The normalized spacial score (nSPS) is 15.2. The first kappa shape index (κ1) is 22.3. The van der Waals surface area contributed by atoms with Gasteiger partial charge in [-0.3, -0.25) is 24.1 Å². The number of carbonyl (C=O) groups is 1. The minimum atomic E-state index is -0.494. The molecule has 1 fully saturated rings. The van der Waals surface area contributed by atoms with Crippen LogP contribution >= 0.6 is 0 Å². The number of hydrogen-bond donors (Lipinski definition) is 2. The van der Waals surface area contributed by atoms with E-state index in [2.05, 4.69) is 32.2 Å². The summed E-state index contributed by atoms with van der Waals surface area (Å²) in [5, 5.41) is 3.18. The summed E-state index contributed by atoms with van der Waals surface area (Å²) < 4.78 is 12.7. The third kappa shape index (κ3) is 5.04. The molecule has 0 saturated heterocycles. The van der Waals surface area contributed by atoms with Gasteiger partial charge in [-0.25, -0.2) is 4.98 Å². The Morgan fingerprint density at radius 1 is 1.39 bits per heavy atom. The number of nitrogens with zero attached hydrogens (tertiary/aromatic N) is 5. The average Bonchev–Trinajstić information content (AvgIpc) is 3.52. The minimum Gasteiger partial charge on any atom is -0.404 e. The van der Waals surface area contributed by atoms with Crippen molar-refractivity contribution in [3.63, 3.8) is 0 Å². The van der Waals surface area contributed by atoms with Gasteiger partial charge in [-0.05, 0) is 43.2 Å². The van der Waals surface area contributed by atoms with E-state index in [0.717, 1.165) is 29.7 Å². The van der Waals surface area contributed by atoms with Gasteiger partial charge in [-0.2, -0.15) is 4.98 Å². The van der Waals surface area contributed by atoms with Gasteiger partial charge in [0.05, 0.1) is 24.3 Å². The number of alkyl halides is 1. The van der Waals surface area contributed by atoms with E-state index in [9.17, 15) is 9.18 Å². The van der Waals surface area contributed by atoms with Crippen molar-refractivity contribution in [1.82, 2.24) is 15.0 Å². The number of rotatable bonds is 10. The number of hydrogen-bond acceptors (Lipinski definition) is 7. The fourth-order valence-corrected chi connectivity index (χ4v) is 3.27. The first-order valence-electron chi connectivity index (χ1n) is 10.2. The van der Waals surface area contributed by atoms with Gasteiger partial charge >= 0.3 is 0 Å². The molecule has 2 heterocycles. The molecule has 0 atom stereocenters. The number of amides is 1. The van der Waals surface area contributed by atoms with E-state index in [1.165, 1.54) is 11.1 Å². The standard InChI is InChI=1S/C22H28FN7O/c1-15-9-18(16(10-24)11-25-3)26-13-19(15)28-21-27-12-17(22(2)5-6-22)20(29-21)30(14-31)8-4-7-23/h9-14H,4-8,24H2,1-3H3,(H,27,28,29)/b16-10+,25-11?. The summed E-state index contributed by atoms with van der Waals surface area (Å²) in [5.41, 5.74) is 9.59. The molecule has 31 heavy (non-hydrogen) atoms. The lowest BCUT2D eigenvalue weighted by atomic mass is 10.0. The Morgan fingerprint density at radius 2 is 2.16 bits per heavy atom. The van der Waals surface area contributed by atoms with Crippen molar-refractivity contribution in [1.29, 1.82) is 0 Å². The van der Waals surface area contributed by atoms with Crippen molar-refractivity contribution in [2.24, 2.45) is 10.7 Å². The van der Waals surface area contributed by atoms with Crippen LogP contribution in [0, 0.1) is 6.92 Å². The Kier molecular flexibility index (Phi) is 6.94. The molecule has 0 spiro atoms. The Hall–Kier alpha value is -3.36. The molecular formula is C22H28FN7O. The summed E-state index contributed by atoms with van der Waals surface area (Å²) in [5.74, 6) is 0.869. The van der Waals surface area contributed by atoms with Gasteiger partial charge in [0.25, 0.3) is 0 Å². The van der Waals surface area contributed by atoms with Crippen molar-refractivity contribution in [2.45, 2.75) is 38.5 Å². The highest BCUT2D eigenvalue weighted by atomic mass is 19.1. The molecule has 3 N–H and O–H groups in total. The van der Waals surface area contributed by atoms with E-state index in [1.807, 2.05) is 13.0 Å². The van der Waals surface area contributed by atoms with Crippen LogP contribution in [-0.4, -0.2) is 47.8 Å². The van der Waals surface area contributed by atoms with E-state index in [4.69, 9.17) is 5.73 Å². The first-order valence-corrected chi connectivity index (χ1v) is 10.2. The summed E-state index contributed by atoms with van der Waals surface area (Å²) in [7, 11) is 1.67. The van der Waals surface area contributed by atoms with E-state index < -0.39 is 6.67 Å². The molecule has 3 rings (SSSR count). The molecule has 0 aliphatic heterocycles. The number of halogens is 1. The molecular weight excluding hydrogens is 397 g/mol. The lowest BCUT2D eigenvalue weighted by Crippen LogP contribution is -2.27. The second-order valence-corrected chi connectivity index (χ2v) is 7.85. The smallest absolute Gasteiger partial charge is 0.229 e. The molecule has 2 aromatic heterocycles. The van der Waals surface area contributed by atoms with Crippen LogP contribution in [0.2, 0.25) is 0 Å². The highest BCUT2D eigenvalue weighted by Gasteiger charge is 2.42. The second kappa shape index (κ2) is 9.63. The van der Waals surface area contributed by atoms with Crippen LogP contribution < -0.4 is 16.0 Å².